The van der Waals surface area contributed by atoms with Crippen molar-refractivity contribution in [2.75, 3.05) is 19.6 Å². The lowest BCUT2D eigenvalue weighted by Gasteiger charge is -2.37. The Morgan fingerprint density at radius 1 is 1.24 bits per heavy atom. The molecule has 1 rings (SSSR count). The topological polar surface area (TPSA) is 58.4 Å². The highest BCUT2D eigenvalue weighted by atomic mass is 16.2. The van der Waals surface area contributed by atoms with Crippen LogP contribution in [0.4, 0.5) is 0 Å². The molecule has 1 aliphatic carbocycles. The summed E-state index contributed by atoms with van der Waals surface area (Å²) in [5.41, 5.74) is 5.63. The van der Waals surface area contributed by atoms with Gasteiger partial charge < -0.3 is 11.1 Å². The number of hydrogen-bond acceptors (Lipinski definition) is 3. The molecule has 0 aromatic carbocycles. The van der Waals surface area contributed by atoms with Gasteiger partial charge in [-0.15, -0.1) is 0 Å². The molecule has 0 radical (unpaired) electrons. The van der Waals surface area contributed by atoms with Crippen LogP contribution in [0, 0.1) is 11.3 Å². The number of nitrogens with one attached hydrogen (secondary N) is 1. The van der Waals surface area contributed by atoms with Crippen LogP contribution >= 0.6 is 0 Å². The van der Waals surface area contributed by atoms with Gasteiger partial charge in [-0.05, 0) is 59.3 Å². The SMILES string of the molecule is CC1CCC(CN)(C(=O)NCCN(C(C)C)C(C)C)CC1. The van der Waals surface area contributed by atoms with Crippen molar-refractivity contribution in [3.63, 3.8) is 0 Å². The summed E-state index contributed by atoms with van der Waals surface area (Å²) in [6.07, 6.45) is 4.12. The van der Waals surface area contributed by atoms with Gasteiger partial charge in [0.25, 0.3) is 0 Å². The van der Waals surface area contributed by atoms with Crippen LogP contribution in [0.3, 0.4) is 0 Å². The number of nitrogens with zero attached hydrogens (tertiary/aromatic N) is 1. The number of carbonyl (C=O) groups excluding carboxylic acids is 1. The third-order valence-electron chi connectivity index (χ3n) is 5.09. The first-order valence-electron chi connectivity index (χ1n) is 8.56. The Balaban J connectivity index is 2.48. The Labute approximate surface area is 130 Å². The molecule has 0 aromatic rings. The minimum atomic E-state index is -0.312. The monoisotopic (exact) mass is 297 g/mol. The van der Waals surface area contributed by atoms with E-state index in [0.29, 0.717) is 25.2 Å². The van der Waals surface area contributed by atoms with Crippen LogP contribution in [0.15, 0.2) is 0 Å². The van der Waals surface area contributed by atoms with E-state index in [4.69, 9.17) is 5.73 Å². The second-order valence-electron chi connectivity index (χ2n) is 7.35. The molecule has 0 spiro atoms. The van der Waals surface area contributed by atoms with Crippen LogP contribution < -0.4 is 11.1 Å². The Kier molecular flexibility index (Phi) is 7.14. The molecule has 21 heavy (non-hydrogen) atoms. The molecule has 4 heteroatoms. The van der Waals surface area contributed by atoms with E-state index in [1.807, 2.05) is 0 Å². The molecule has 1 aliphatic rings. The third kappa shape index (κ3) is 4.96. The Morgan fingerprint density at radius 2 is 1.76 bits per heavy atom. The zero-order chi connectivity index (χ0) is 16.0. The van der Waals surface area contributed by atoms with E-state index in [2.05, 4.69) is 44.8 Å². The van der Waals surface area contributed by atoms with Crippen molar-refractivity contribution in [2.24, 2.45) is 17.1 Å². The maximum absolute atomic E-state index is 12.6. The van der Waals surface area contributed by atoms with E-state index in [0.717, 1.165) is 38.1 Å². The zero-order valence-electron chi connectivity index (χ0n) is 14.6. The maximum atomic E-state index is 12.6. The summed E-state index contributed by atoms with van der Waals surface area (Å²) < 4.78 is 0. The molecule has 3 N–H and O–H groups in total. The van der Waals surface area contributed by atoms with Gasteiger partial charge in [0, 0.05) is 31.7 Å². The van der Waals surface area contributed by atoms with Gasteiger partial charge in [-0.3, -0.25) is 9.69 Å². The molecule has 0 atom stereocenters. The highest BCUT2D eigenvalue weighted by molar-refractivity contribution is 5.83. The Hall–Kier alpha value is -0.610. The zero-order valence-corrected chi connectivity index (χ0v) is 14.6. The molecule has 1 fully saturated rings. The summed E-state index contributed by atoms with van der Waals surface area (Å²) in [6, 6.07) is 1.00. The molecule has 1 saturated carbocycles. The second kappa shape index (κ2) is 8.14. The van der Waals surface area contributed by atoms with Gasteiger partial charge in [-0.25, -0.2) is 0 Å². The second-order valence-corrected chi connectivity index (χ2v) is 7.35. The number of rotatable bonds is 7. The first kappa shape index (κ1) is 18.4. The number of amides is 1. The molecule has 0 saturated heterocycles. The molecular formula is C17H35N3O. The Morgan fingerprint density at radius 3 is 2.19 bits per heavy atom. The van der Waals surface area contributed by atoms with E-state index < -0.39 is 0 Å². The molecule has 0 bridgehead atoms. The molecule has 1 amide bonds. The lowest BCUT2D eigenvalue weighted by atomic mass is 9.70. The summed E-state index contributed by atoms with van der Waals surface area (Å²) >= 11 is 0. The number of carbonyl (C=O) groups is 1. The van der Waals surface area contributed by atoms with Gasteiger partial charge in [-0.1, -0.05) is 6.92 Å². The lowest BCUT2D eigenvalue weighted by molar-refractivity contribution is -0.132. The summed E-state index contributed by atoms with van der Waals surface area (Å²) in [5.74, 6) is 0.902. The largest absolute Gasteiger partial charge is 0.354 e. The van der Waals surface area contributed by atoms with E-state index in [9.17, 15) is 4.79 Å². The molecule has 0 heterocycles. The van der Waals surface area contributed by atoms with E-state index in [-0.39, 0.29) is 11.3 Å². The van der Waals surface area contributed by atoms with Crippen molar-refractivity contribution in [2.45, 2.75) is 72.4 Å². The quantitative estimate of drug-likeness (QED) is 0.758. The van der Waals surface area contributed by atoms with Gasteiger partial charge >= 0.3 is 0 Å². The molecule has 124 valence electrons. The van der Waals surface area contributed by atoms with Crippen LogP contribution in [0.1, 0.15) is 60.3 Å². The van der Waals surface area contributed by atoms with E-state index in [1.54, 1.807) is 0 Å². The standard InChI is InChI=1S/C17H35N3O/c1-13(2)20(14(3)4)11-10-19-16(21)17(12-18)8-6-15(5)7-9-17/h13-15H,6-12,18H2,1-5H3,(H,19,21). The summed E-state index contributed by atoms with van der Waals surface area (Å²) in [5, 5.41) is 3.14. The molecular weight excluding hydrogens is 262 g/mol. The predicted octanol–water partition coefficient (Wildman–Crippen LogP) is 2.38. The van der Waals surface area contributed by atoms with Gasteiger partial charge in [0.15, 0.2) is 0 Å². The maximum Gasteiger partial charge on any atom is 0.227 e. The summed E-state index contributed by atoms with van der Waals surface area (Å²) in [7, 11) is 0. The normalized spacial score (nSPS) is 26.6. The van der Waals surface area contributed by atoms with Gasteiger partial charge in [0.2, 0.25) is 5.91 Å². The third-order valence-corrected chi connectivity index (χ3v) is 5.09. The van der Waals surface area contributed by atoms with Crippen molar-refractivity contribution >= 4 is 5.91 Å². The summed E-state index contributed by atoms with van der Waals surface area (Å²) in [6.45, 7) is 13.2. The fourth-order valence-electron chi connectivity index (χ4n) is 3.44. The van der Waals surface area contributed by atoms with E-state index >= 15 is 0 Å². The first-order chi connectivity index (χ1) is 9.82. The first-order valence-corrected chi connectivity index (χ1v) is 8.56. The highest BCUT2D eigenvalue weighted by Crippen LogP contribution is 2.38. The van der Waals surface area contributed by atoms with Gasteiger partial charge in [0.05, 0.1) is 5.41 Å². The van der Waals surface area contributed by atoms with Crippen molar-refractivity contribution < 1.29 is 4.79 Å². The average molecular weight is 297 g/mol. The Bertz CT molecular complexity index is 312. The van der Waals surface area contributed by atoms with Crippen LogP contribution in [0.25, 0.3) is 0 Å². The molecule has 0 unspecified atom stereocenters. The lowest BCUT2D eigenvalue weighted by Crippen LogP contribution is -2.50. The van der Waals surface area contributed by atoms with Crippen molar-refractivity contribution in [1.29, 1.82) is 0 Å². The minimum absolute atomic E-state index is 0.171. The van der Waals surface area contributed by atoms with Crippen LogP contribution in [-0.4, -0.2) is 42.5 Å². The average Bonchev–Trinajstić information content (AvgIpc) is 2.43. The molecule has 4 nitrogen and oxygen atoms in total. The van der Waals surface area contributed by atoms with E-state index in [1.165, 1.54) is 0 Å². The molecule has 0 aromatic heterocycles. The van der Waals surface area contributed by atoms with Crippen LogP contribution in [0.5, 0.6) is 0 Å². The fraction of sp³-hybridized carbons (Fsp3) is 0.941. The van der Waals surface area contributed by atoms with Gasteiger partial charge in [0.1, 0.15) is 0 Å². The fourth-order valence-corrected chi connectivity index (χ4v) is 3.44. The highest BCUT2D eigenvalue weighted by Gasteiger charge is 2.39. The smallest absolute Gasteiger partial charge is 0.227 e. The van der Waals surface area contributed by atoms with Crippen LogP contribution in [0.2, 0.25) is 0 Å². The van der Waals surface area contributed by atoms with Crippen molar-refractivity contribution in [3.05, 3.63) is 0 Å². The van der Waals surface area contributed by atoms with Gasteiger partial charge in [-0.2, -0.15) is 0 Å². The predicted molar refractivity (Wildman–Crippen MR) is 89.1 cm³/mol. The van der Waals surface area contributed by atoms with Crippen molar-refractivity contribution in [3.8, 4) is 0 Å². The minimum Gasteiger partial charge on any atom is -0.354 e. The number of hydrogen-bond donors (Lipinski definition) is 2. The number of nitrogens with two attached hydrogens (primary N) is 1. The van der Waals surface area contributed by atoms with Crippen molar-refractivity contribution in [1.82, 2.24) is 10.2 Å². The van der Waals surface area contributed by atoms with Crippen LogP contribution in [-0.2, 0) is 4.79 Å². The summed E-state index contributed by atoms with van der Waals surface area (Å²) in [4.78, 5) is 15.0. The molecule has 0 aliphatic heterocycles.